The van der Waals surface area contributed by atoms with Gasteiger partial charge in [-0.05, 0) is 91.4 Å². The van der Waals surface area contributed by atoms with Crippen LogP contribution in [0, 0.1) is 0 Å². The number of aromatic nitrogens is 3. The molecule has 43 heavy (non-hydrogen) atoms. The van der Waals surface area contributed by atoms with Crippen molar-refractivity contribution in [3.8, 4) is 0 Å². The van der Waals surface area contributed by atoms with Crippen LogP contribution < -0.4 is 5.32 Å². The molecule has 1 N–H and O–H groups in total. The molecule has 5 rings (SSSR count). The molecule has 1 atom stereocenters. The van der Waals surface area contributed by atoms with Crippen molar-refractivity contribution in [1.82, 2.24) is 29.7 Å². The largest absolute Gasteiger partial charge is 0.369 e. The molecular formula is C33H42BrCl2N7. The summed E-state index contributed by atoms with van der Waals surface area (Å²) in [6, 6.07) is 9.81. The Morgan fingerprint density at radius 3 is 2.37 bits per heavy atom. The number of fused-ring (bicyclic) bond motifs is 1. The first-order valence-electron chi connectivity index (χ1n) is 15.0. The summed E-state index contributed by atoms with van der Waals surface area (Å²) in [6.45, 7) is 10.1. The van der Waals surface area contributed by atoms with Gasteiger partial charge in [-0.25, -0.2) is 9.97 Å². The average Bonchev–Trinajstić information content (AvgIpc) is 3.23. The minimum absolute atomic E-state index is 0.0416. The number of benzene rings is 1. The highest BCUT2D eigenvalue weighted by molar-refractivity contribution is 9.10. The van der Waals surface area contributed by atoms with E-state index in [9.17, 15) is 0 Å². The number of nitrogens with one attached hydrogen (secondary N) is 1. The van der Waals surface area contributed by atoms with Gasteiger partial charge in [0.15, 0.2) is 0 Å². The summed E-state index contributed by atoms with van der Waals surface area (Å²) >= 11 is 16.3. The summed E-state index contributed by atoms with van der Waals surface area (Å²) in [4.78, 5) is 21.8. The van der Waals surface area contributed by atoms with Crippen LogP contribution in [0.15, 0.2) is 53.2 Å². The van der Waals surface area contributed by atoms with E-state index in [4.69, 9.17) is 38.2 Å². The molecule has 1 aliphatic carbocycles. The summed E-state index contributed by atoms with van der Waals surface area (Å²) in [5, 5.41) is 4.84. The number of nitrogens with zero attached hydrogens (tertiary/aromatic N) is 6. The normalized spacial score (nSPS) is 15.9. The van der Waals surface area contributed by atoms with E-state index in [2.05, 4.69) is 80.4 Å². The molecule has 230 valence electrons. The van der Waals surface area contributed by atoms with Crippen molar-refractivity contribution in [3.05, 3.63) is 91.5 Å². The summed E-state index contributed by atoms with van der Waals surface area (Å²) in [5.74, 6) is 1.77. The molecule has 3 aromatic rings. The van der Waals surface area contributed by atoms with E-state index < -0.39 is 0 Å². The van der Waals surface area contributed by atoms with E-state index in [0.717, 1.165) is 90.7 Å². The van der Waals surface area contributed by atoms with Crippen LogP contribution in [-0.2, 0) is 6.54 Å². The Kier molecular flexibility index (Phi) is 13.0. The number of allylic oxidation sites excluding steroid dienone is 2. The van der Waals surface area contributed by atoms with Crippen molar-refractivity contribution in [2.24, 2.45) is 0 Å². The molecule has 1 unspecified atom stereocenters. The standard InChI is InChI=1S/C31H36BrCl2N7.C2H6/c1-39(2)12-6-11-35-31-26-7-4-3-5-8-27(26)37-29(38-31)21-40-13-15-41(16-14-40)30(28-10-9-23(32)20-36-28)22-17-24(33)19-25(34)18-22;1-2/h4-5,7-10,17-20,30H,3,6,11-16,21H2,1-2H3,(H,35,37,38);1-2H3. The Morgan fingerprint density at radius 2 is 1.70 bits per heavy atom. The van der Waals surface area contributed by atoms with E-state index in [0.29, 0.717) is 16.6 Å². The lowest BCUT2D eigenvalue weighted by Gasteiger charge is -2.39. The number of hydrogen-bond donors (Lipinski definition) is 1. The lowest BCUT2D eigenvalue weighted by atomic mass is 10.00. The zero-order valence-corrected chi connectivity index (χ0v) is 28.6. The Morgan fingerprint density at radius 1 is 0.977 bits per heavy atom. The predicted molar refractivity (Wildman–Crippen MR) is 185 cm³/mol. The first-order valence-corrected chi connectivity index (χ1v) is 16.6. The predicted octanol–water partition coefficient (Wildman–Crippen LogP) is 7.67. The molecule has 1 aromatic carbocycles. The van der Waals surface area contributed by atoms with Crippen LogP contribution in [0.4, 0.5) is 5.82 Å². The van der Waals surface area contributed by atoms with Crippen molar-refractivity contribution in [3.63, 3.8) is 0 Å². The Bertz CT molecular complexity index is 1370. The molecule has 0 amide bonds. The quantitative estimate of drug-likeness (QED) is 0.220. The molecule has 2 aliphatic rings. The number of halogens is 3. The van der Waals surface area contributed by atoms with Crippen molar-refractivity contribution in [1.29, 1.82) is 0 Å². The summed E-state index contributed by atoms with van der Waals surface area (Å²) in [6.07, 6.45) is 12.4. The highest BCUT2D eigenvalue weighted by atomic mass is 79.9. The van der Waals surface area contributed by atoms with Gasteiger partial charge in [0, 0.05) is 59.0 Å². The Labute approximate surface area is 275 Å². The summed E-state index contributed by atoms with van der Waals surface area (Å²) < 4.78 is 0.951. The third kappa shape index (κ3) is 9.58. The fourth-order valence-corrected chi connectivity index (χ4v) is 6.09. The van der Waals surface area contributed by atoms with Crippen LogP contribution >= 0.6 is 39.1 Å². The maximum atomic E-state index is 6.42. The van der Waals surface area contributed by atoms with Gasteiger partial charge in [0.1, 0.15) is 11.6 Å². The molecule has 0 saturated carbocycles. The summed E-state index contributed by atoms with van der Waals surface area (Å²) in [5.41, 5.74) is 4.07. The second-order valence-corrected chi connectivity index (χ2v) is 12.5. The van der Waals surface area contributed by atoms with Crippen molar-refractivity contribution in [2.45, 2.75) is 39.3 Å². The van der Waals surface area contributed by atoms with Gasteiger partial charge in [0.05, 0.1) is 24.0 Å². The first kappa shape index (κ1) is 33.6. The van der Waals surface area contributed by atoms with Gasteiger partial charge in [-0.15, -0.1) is 0 Å². The minimum atomic E-state index is -0.0416. The van der Waals surface area contributed by atoms with Crippen LogP contribution in [-0.4, -0.2) is 83.0 Å². The van der Waals surface area contributed by atoms with Crippen molar-refractivity contribution >= 4 is 57.1 Å². The smallest absolute Gasteiger partial charge is 0.145 e. The fraction of sp³-hybridized carbons (Fsp3) is 0.424. The molecule has 0 bridgehead atoms. The number of rotatable bonds is 10. The van der Waals surface area contributed by atoms with Crippen LogP contribution in [0.25, 0.3) is 12.2 Å². The first-order chi connectivity index (χ1) is 20.9. The molecule has 2 aromatic heterocycles. The van der Waals surface area contributed by atoms with Crippen LogP contribution in [0.2, 0.25) is 10.0 Å². The van der Waals surface area contributed by atoms with Crippen LogP contribution in [0.3, 0.4) is 0 Å². The minimum Gasteiger partial charge on any atom is -0.369 e. The maximum Gasteiger partial charge on any atom is 0.145 e. The van der Waals surface area contributed by atoms with Gasteiger partial charge in [0.25, 0.3) is 0 Å². The monoisotopic (exact) mass is 685 g/mol. The van der Waals surface area contributed by atoms with Crippen molar-refractivity contribution in [2.75, 3.05) is 58.7 Å². The fourth-order valence-electron chi connectivity index (χ4n) is 5.31. The van der Waals surface area contributed by atoms with Crippen LogP contribution in [0.5, 0.6) is 0 Å². The number of pyridine rings is 1. The molecule has 0 radical (unpaired) electrons. The van der Waals surface area contributed by atoms with Gasteiger partial charge in [0.2, 0.25) is 0 Å². The highest BCUT2D eigenvalue weighted by Gasteiger charge is 2.28. The van der Waals surface area contributed by atoms with Gasteiger partial charge in [-0.3, -0.25) is 14.8 Å². The molecule has 1 saturated heterocycles. The molecular weight excluding hydrogens is 645 g/mol. The third-order valence-electron chi connectivity index (χ3n) is 7.30. The van der Waals surface area contributed by atoms with Crippen molar-refractivity contribution < 1.29 is 0 Å². The lowest BCUT2D eigenvalue weighted by molar-refractivity contribution is 0.102. The SMILES string of the molecule is CC.CN(C)CCCNc1nc(CN2CCN(C(c3cc(Cl)cc(Cl)c3)c3ccc(Br)cn3)CC2)nc2c1C=CCC=C2. The second-order valence-electron chi connectivity index (χ2n) is 10.7. The zero-order valence-electron chi connectivity index (χ0n) is 25.5. The lowest BCUT2D eigenvalue weighted by Crippen LogP contribution is -2.47. The summed E-state index contributed by atoms with van der Waals surface area (Å²) in [7, 11) is 4.20. The van der Waals surface area contributed by atoms with E-state index in [-0.39, 0.29) is 6.04 Å². The van der Waals surface area contributed by atoms with E-state index in [1.54, 1.807) is 6.07 Å². The molecule has 3 heterocycles. The van der Waals surface area contributed by atoms with Crippen LogP contribution in [0.1, 0.15) is 61.1 Å². The van der Waals surface area contributed by atoms with Gasteiger partial charge < -0.3 is 10.2 Å². The van der Waals surface area contributed by atoms with E-state index in [1.165, 1.54) is 0 Å². The molecule has 0 spiro atoms. The molecule has 1 aliphatic heterocycles. The number of anilines is 1. The Balaban J connectivity index is 0.00000207. The highest BCUT2D eigenvalue weighted by Crippen LogP contribution is 2.33. The average molecular weight is 688 g/mol. The number of hydrogen-bond acceptors (Lipinski definition) is 7. The molecule has 7 nitrogen and oxygen atoms in total. The topological polar surface area (TPSA) is 60.4 Å². The van der Waals surface area contributed by atoms with E-state index >= 15 is 0 Å². The molecule has 1 fully saturated rings. The maximum absolute atomic E-state index is 6.42. The van der Waals surface area contributed by atoms with Gasteiger partial charge in [-0.2, -0.15) is 0 Å². The second kappa shape index (κ2) is 16.7. The van der Waals surface area contributed by atoms with E-state index in [1.807, 2.05) is 38.2 Å². The van der Waals surface area contributed by atoms with Gasteiger partial charge >= 0.3 is 0 Å². The number of piperazine rings is 1. The molecule has 10 heteroatoms. The van der Waals surface area contributed by atoms with Gasteiger partial charge in [-0.1, -0.05) is 55.3 Å². The third-order valence-corrected chi connectivity index (χ3v) is 8.20. The zero-order chi connectivity index (χ0) is 30.8. The Hall–Kier alpha value is -2.33.